The maximum Gasteiger partial charge on any atom is 0.184 e. The Balaban J connectivity index is 2.81. The highest BCUT2D eigenvalue weighted by Gasteiger charge is 2.15. The van der Waals surface area contributed by atoms with Crippen molar-refractivity contribution in [2.24, 2.45) is 0 Å². The fraction of sp³-hybridized carbons (Fsp3) is 0.500. The molecule has 1 rings (SSSR count). The molecule has 0 radical (unpaired) electrons. The minimum Gasteiger partial charge on any atom is -0.474 e. The minimum atomic E-state index is -0.361. The first-order valence-corrected chi connectivity index (χ1v) is 6.71. The van der Waals surface area contributed by atoms with E-state index >= 15 is 0 Å². The number of ether oxygens (including phenoxy) is 1. The van der Waals surface area contributed by atoms with Gasteiger partial charge in [-0.25, -0.2) is 4.39 Å². The molecule has 1 aromatic carbocycles. The van der Waals surface area contributed by atoms with E-state index in [1.807, 2.05) is 52.8 Å². The summed E-state index contributed by atoms with van der Waals surface area (Å²) in [5.74, 6) is 0.0275. The van der Waals surface area contributed by atoms with E-state index in [-0.39, 0.29) is 17.5 Å². The van der Waals surface area contributed by atoms with Gasteiger partial charge < -0.3 is 15.0 Å². The molecular weight excluding hydrogens is 255 g/mol. The van der Waals surface area contributed by atoms with Crippen LogP contribution in [0.15, 0.2) is 30.7 Å². The Kier molecular flexibility index (Phi) is 5.17. The number of anilines is 1. The summed E-state index contributed by atoms with van der Waals surface area (Å²) < 4.78 is 19.6. The van der Waals surface area contributed by atoms with E-state index < -0.39 is 0 Å². The Labute approximate surface area is 121 Å². The lowest BCUT2D eigenvalue weighted by Crippen LogP contribution is -2.21. The maximum atomic E-state index is 14.1. The van der Waals surface area contributed by atoms with Crippen LogP contribution in [0, 0.1) is 5.82 Å². The second kappa shape index (κ2) is 6.27. The fourth-order valence-corrected chi connectivity index (χ4v) is 1.74. The number of hydrogen-bond acceptors (Lipinski definition) is 3. The Hall–Kier alpha value is -1.55. The van der Waals surface area contributed by atoms with E-state index in [2.05, 4.69) is 11.9 Å². The predicted molar refractivity (Wildman–Crippen MR) is 82.1 cm³/mol. The molecule has 3 nitrogen and oxygen atoms in total. The van der Waals surface area contributed by atoms with Gasteiger partial charge in [-0.15, -0.1) is 0 Å². The molecule has 0 aliphatic heterocycles. The van der Waals surface area contributed by atoms with Crippen molar-refractivity contribution in [3.05, 3.63) is 42.0 Å². The lowest BCUT2D eigenvalue weighted by molar-refractivity contribution is 0.0564. The monoisotopic (exact) mass is 280 g/mol. The minimum absolute atomic E-state index is 0.160. The van der Waals surface area contributed by atoms with Crippen LogP contribution in [-0.2, 0) is 4.74 Å². The van der Waals surface area contributed by atoms with Gasteiger partial charge in [0.25, 0.3) is 0 Å². The van der Waals surface area contributed by atoms with Crippen molar-refractivity contribution >= 4 is 5.69 Å². The molecule has 0 fully saturated rings. The average Bonchev–Trinajstić information content (AvgIpc) is 2.28. The van der Waals surface area contributed by atoms with Crippen molar-refractivity contribution in [2.75, 3.05) is 19.4 Å². The quantitative estimate of drug-likeness (QED) is 0.820. The summed E-state index contributed by atoms with van der Waals surface area (Å²) in [6.07, 6.45) is 0. The topological polar surface area (TPSA) is 24.5 Å². The van der Waals surface area contributed by atoms with E-state index in [0.717, 1.165) is 5.56 Å². The fourth-order valence-electron chi connectivity index (χ4n) is 1.74. The second-order valence-corrected chi connectivity index (χ2v) is 6.14. The van der Waals surface area contributed by atoms with Gasteiger partial charge in [0.2, 0.25) is 0 Å². The van der Waals surface area contributed by atoms with Crippen molar-refractivity contribution < 1.29 is 9.13 Å². The molecule has 20 heavy (non-hydrogen) atoms. The van der Waals surface area contributed by atoms with E-state index in [0.29, 0.717) is 11.6 Å². The summed E-state index contributed by atoms with van der Waals surface area (Å²) in [6, 6.07) is 5.31. The predicted octanol–water partition coefficient (Wildman–Crippen LogP) is 4.15. The van der Waals surface area contributed by atoms with Crippen LogP contribution in [0.2, 0.25) is 0 Å². The third kappa shape index (κ3) is 4.85. The Morgan fingerprint density at radius 2 is 1.95 bits per heavy atom. The van der Waals surface area contributed by atoms with Gasteiger partial charge >= 0.3 is 0 Å². The van der Waals surface area contributed by atoms with Crippen LogP contribution in [0.3, 0.4) is 0 Å². The number of rotatable bonds is 5. The van der Waals surface area contributed by atoms with E-state index in [1.54, 1.807) is 6.07 Å². The molecule has 0 aliphatic carbocycles. The SMILES string of the molecule is C=C(Nc1ccc(C(C)N(C)C)cc1F)OC(C)(C)C. The molecule has 0 heterocycles. The van der Waals surface area contributed by atoms with Crippen molar-refractivity contribution in [3.63, 3.8) is 0 Å². The van der Waals surface area contributed by atoms with Crippen molar-refractivity contribution in [1.29, 1.82) is 0 Å². The van der Waals surface area contributed by atoms with Gasteiger partial charge in [0.1, 0.15) is 11.4 Å². The van der Waals surface area contributed by atoms with Gasteiger partial charge in [-0.05, 0) is 66.1 Å². The third-order valence-electron chi connectivity index (χ3n) is 2.95. The van der Waals surface area contributed by atoms with Gasteiger partial charge in [-0.2, -0.15) is 0 Å². The number of nitrogens with zero attached hydrogens (tertiary/aromatic N) is 1. The van der Waals surface area contributed by atoms with E-state index in [1.165, 1.54) is 6.07 Å². The molecule has 0 aromatic heterocycles. The molecule has 0 saturated heterocycles. The summed E-state index contributed by atoms with van der Waals surface area (Å²) in [4.78, 5) is 2.03. The molecule has 4 heteroatoms. The van der Waals surface area contributed by atoms with Crippen LogP contribution in [0.25, 0.3) is 0 Å². The zero-order valence-electron chi connectivity index (χ0n) is 13.2. The Bertz CT molecular complexity index is 478. The lowest BCUT2D eigenvalue weighted by Gasteiger charge is -2.24. The molecule has 112 valence electrons. The molecule has 0 saturated carbocycles. The summed E-state index contributed by atoms with van der Waals surface area (Å²) >= 11 is 0. The largest absolute Gasteiger partial charge is 0.474 e. The van der Waals surface area contributed by atoms with Crippen molar-refractivity contribution in [3.8, 4) is 0 Å². The molecular formula is C16H25FN2O. The van der Waals surface area contributed by atoms with Crippen LogP contribution < -0.4 is 5.32 Å². The maximum absolute atomic E-state index is 14.1. The number of nitrogens with one attached hydrogen (secondary N) is 1. The first kappa shape index (κ1) is 16.5. The zero-order chi connectivity index (χ0) is 15.5. The standard InChI is InChI=1S/C16H25FN2O/c1-11(19(6)7)13-8-9-15(14(17)10-13)18-12(2)20-16(3,4)5/h8-11,18H,2H2,1,3-7H3. The normalized spacial score (nSPS) is 13.2. The van der Waals surface area contributed by atoms with Crippen LogP contribution in [0.1, 0.15) is 39.3 Å². The number of benzene rings is 1. The average molecular weight is 280 g/mol. The van der Waals surface area contributed by atoms with Crippen molar-refractivity contribution in [2.45, 2.75) is 39.3 Å². The molecule has 1 atom stereocenters. The second-order valence-electron chi connectivity index (χ2n) is 6.14. The molecule has 1 unspecified atom stereocenters. The van der Waals surface area contributed by atoms with Gasteiger partial charge in [0.05, 0.1) is 5.69 Å². The first-order chi connectivity index (χ1) is 9.10. The first-order valence-electron chi connectivity index (χ1n) is 6.71. The highest BCUT2D eigenvalue weighted by atomic mass is 19.1. The van der Waals surface area contributed by atoms with Gasteiger partial charge in [0, 0.05) is 6.04 Å². The summed E-state index contributed by atoms with van der Waals surface area (Å²) in [5.41, 5.74) is 0.939. The molecule has 0 spiro atoms. The smallest absolute Gasteiger partial charge is 0.184 e. The zero-order valence-corrected chi connectivity index (χ0v) is 13.2. The Morgan fingerprint density at radius 3 is 2.40 bits per heavy atom. The summed E-state index contributed by atoms with van der Waals surface area (Å²) in [5, 5.41) is 2.86. The molecule has 1 N–H and O–H groups in total. The van der Waals surface area contributed by atoms with Crippen molar-refractivity contribution in [1.82, 2.24) is 4.90 Å². The van der Waals surface area contributed by atoms with Crippen LogP contribution in [0.5, 0.6) is 0 Å². The highest BCUT2D eigenvalue weighted by Crippen LogP contribution is 2.24. The van der Waals surface area contributed by atoms with Gasteiger partial charge in [0.15, 0.2) is 5.88 Å². The number of halogens is 1. The van der Waals surface area contributed by atoms with Gasteiger partial charge in [-0.1, -0.05) is 6.07 Å². The van der Waals surface area contributed by atoms with Gasteiger partial charge in [-0.3, -0.25) is 0 Å². The molecule has 1 aromatic rings. The Morgan fingerprint density at radius 1 is 1.35 bits per heavy atom. The summed E-state index contributed by atoms with van der Waals surface area (Å²) in [7, 11) is 3.93. The van der Waals surface area contributed by atoms with E-state index in [9.17, 15) is 4.39 Å². The third-order valence-corrected chi connectivity index (χ3v) is 2.95. The molecule has 0 aliphatic rings. The van der Waals surface area contributed by atoms with Crippen LogP contribution >= 0.6 is 0 Å². The summed E-state index contributed by atoms with van der Waals surface area (Å²) in [6.45, 7) is 11.5. The van der Waals surface area contributed by atoms with Crippen LogP contribution in [-0.4, -0.2) is 24.6 Å². The molecule has 0 amide bonds. The highest BCUT2D eigenvalue weighted by molar-refractivity contribution is 5.49. The van der Waals surface area contributed by atoms with Crippen LogP contribution in [0.4, 0.5) is 10.1 Å². The molecule has 0 bridgehead atoms. The lowest BCUT2D eigenvalue weighted by atomic mass is 10.1. The van der Waals surface area contributed by atoms with E-state index in [4.69, 9.17) is 4.74 Å². The number of hydrogen-bond donors (Lipinski definition) is 1.